The molecule has 0 amide bonds. The van der Waals surface area contributed by atoms with Crippen molar-refractivity contribution in [1.82, 2.24) is 0 Å². The van der Waals surface area contributed by atoms with Gasteiger partial charge in [0, 0.05) is 5.69 Å². The van der Waals surface area contributed by atoms with Crippen LogP contribution in [0, 0.1) is 6.92 Å². The van der Waals surface area contributed by atoms with E-state index in [-0.39, 0.29) is 12.1 Å². The second-order valence-electron chi connectivity index (χ2n) is 4.47. The maximum absolute atomic E-state index is 9.82. The van der Waals surface area contributed by atoms with Crippen LogP contribution in [-0.2, 0) is 0 Å². The van der Waals surface area contributed by atoms with Gasteiger partial charge in [0.1, 0.15) is 0 Å². The summed E-state index contributed by atoms with van der Waals surface area (Å²) < 4.78 is 0. The van der Waals surface area contributed by atoms with Crippen molar-refractivity contribution in [2.75, 3.05) is 5.32 Å². The Kier molecular flexibility index (Phi) is 3.27. The second kappa shape index (κ2) is 4.67. The first-order chi connectivity index (χ1) is 7.25. The number of hydrogen-bond acceptors (Lipinski definition) is 2. The Labute approximate surface area is 91.3 Å². The number of rotatable bonds is 2. The first-order valence-electron chi connectivity index (χ1n) is 5.77. The van der Waals surface area contributed by atoms with Crippen LogP contribution in [0.1, 0.15) is 31.2 Å². The predicted molar refractivity (Wildman–Crippen MR) is 63.1 cm³/mol. The van der Waals surface area contributed by atoms with Gasteiger partial charge in [-0.25, -0.2) is 0 Å². The Balaban J connectivity index is 1.98. The van der Waals surface area contributed by atoms with Crippen molar-refractivity contribution in [3.63, 3.8) is 0 Å². The molecule has 0 aromatic heterocycles. The molecule has 1 aromatic carbocycles. The first kappa shape index (κ1) is 10.5. The summed E-state index contributed by atoms with van der Waals surface area (Å²) in [6, 6.07) is 8.59. The minimum atomic E-state index is -0.181. The normalized spacial score (nSPS) is 26.3. The van der Waals surface area contributed by atoms with Crippen molar-refractivity contribution in [3.05, 3.63) is 29.8 Å². The molecule has 1 saturated carbocycles. The molecular formula is C13H19NO. The number of nitrogens with one attached hydrogen (secondary N) is 1. The molecular weight excluding hydrogens is 186 g/mol. The monoisotopic (exact) mass is 205 g/mol. The summed E-state index contributed by atoms with van der Waals surface area (Å²) in [5.41, 5.74) is 2.39. The molecule has 15 heavy (non-hydrogen) atoms. The molecule has 1 aromatic rings. The molecule has 0 aliphatic heterocycles. The summed E-state index contributed by atoms with van der Waals surface area (Å²) in [7, 11) is 0. The molecule has 0 heterocycles. The van der Waals surface area contributed by atoms with Gasteiger partial charge in [0.2, 0.25) is 0 Å². The van der Waals surface area contributed by atoms with Gasteiger partial charge in [0.05, 0.1) is 12.1 Å². The van der Waals surface area contributed by atoms with Gasteiger partial charge in [-0.05, 0) is 31.9 Å². The Bertz CT molecular complexity index is 307. The molecule has 82 valence electrons. The van der Waals surface area contributed by atoms with E-state index in [2.05, 4.69) is 36.5 Å². The van der Waals surface area contributed by atoms with Crippen molar-refractivity contribution in [2.24, 2.45) is 0 Å². The van der Waals surface area contributed by atoms with E-state index >= 15 is 0 Å². The van der Waals surface area contributed by atoms with E-state index in [1.807, 2.05) is 0 Å². The molecule has 0 radical (unpaired) electrons. The van der Waals surface area contributed by atoms with E-state index in [0.29, 0.717) is 0 Å². The first-order valence-corrected chi connectivity index (χ1v) is 5.77. The van der Waals surface area contributed by atoms with Crippen LogP contribution in [-0.4, -0.2) is 17.3 Å². The number of aryl methyl sites for hydroxylation is 1. The van der Waals surface area contributed by atoms with Gasteiger partial charge in [-0.15, -0.1) is 0 Å². The molecule has 1 aliphatic rings. The van der Waals surface area contributed by atoms with E-state index in [4.69, 9.17) is 0 Å². The van der Waals surface area contributed by atoms with Gasteiger partial charge >= 0.3 is 0 Å². The lowest BCUT2D eigenvalue weighted by molar-refractivity contribution is 0.116. The van der Waals surface area contributed by atoms with Crippen LogP contribution < -0.4 is 5.32 Å². The molecule has 0 spiro atoms. The van der Waals surface area contributed by atoms with Crippen LogP contribution in [0.4, 0.5) is 5.69 Å². The minimum Gasteiger partial charge on any atom is -0.391 e. The van der Waals surface area contributed by atoms with Gasteiger partial charge < -0.3 is 10.4 Å². The third-order valence-corrected chi connectivity index (χ3v) is 3.13. The summed E-state index contributed by atoms with van der Waals surface area (Å²) in [6.07, 6.45) is 4.21. The fourth-order valence-corrected chi connectivity index (χ4v) is 2.14. The van der Waals surface area contributed by atoms with Crippen molar-refractivity contribution < 1.29 is 5.11 Å². The van der Waals surface area contributed by atoms with E-state index in [1.165, 1.54) is 12.0 Å². The van der Waals surface area contributed by atoms with Crippen molar-refractivity contribution in [3.8, 4) is 0 Å². The summed E-state index contributed by atoms with van der Waals surface area (Å²) in [6.45, 7) is 2.08. The Morgan fingerprint density at radius 1 is 1.13 bits per heavy atom. The molecule has 1 fully saturated rings. The Morgan fingerprint density at radius 2 is 1.80 bits per heavy atom. The zero-order valence-electron chi connectivity index (χ0n) is 9.24. The fourth-order valence-electron chi connectivity index (χ4n) is 2.14. The zero-order valence-corrected chi connectivity index (χ0v) is 9.24. The lowest BCUT2D eigenvalue weighted by Gasteiger charge is -2.29. The van der Waals surface area contributed by atoms with Crippen molar-refractivity contribution in [2.45, 2.75) is 44.8 Å². The minimum absolute atomic E-state index is 0.181. The van der Waals surface area contributed by atoms with Crippen LogP contribution in [0.5, 0.6) is 0 Å². The topological polar surface area (TPSA) is 32.3 Å². The Hall–Kier alpha value is -1.02. The molecule has 1 aliphatic carbocycles. The van der Waals surface area contributed by atoms with Crippen LogP contribution >= 0.6 is 0 Å². The number of hydrogen-bond donors (Lipinski definition) is 2. The summed E-state index contributed by atoms with van der Waals surface area (Å²) in [5, 5.41) is 13.2. The van der Waals surface area contributed by atoms with Gasteiger partial charge in [-0.3, -0.25) is 0 Å². The lowest BCUT2D eigenvalue weighted by atomic mass is 9.92. The highest BCUT2D eigenvalue weighted by atomic mass is 16.3. The van der Waals surface area contributed by atoms with Crippen LogP contribution in [0.15, 0.2) is 24.3 Å². The number of benzene rings is 1. The average molecular weight is 205 g/mol. The summed E-state index contributed by atoms with van der Waals surface area (Å²) in [5.74, 6) is 0. The highest BCUT2D eigenvalue weighted by molar-refractivity contribution is 5.45. The zero-order chi connectivity index (χ0) is 10.7. The summed E-state index contributed by atoms with van der Waals surface area (Å²) >= 11 is 0. The number of aliphatic hydroxyl groups excluding tert-OH is 1. The Morgan fingerprint density at radius 3 is 2.47 bits per heavy atom. The van der Waals surface area contributed by atoms with E-state index in [0.717, 1.165) is 24.9 Å². The van der Waals surface area contributed by atoms with E-state index in [9.17, 15) is 5.11 Å². The average Bonchev–Trinajstić information content (AvgIpc) is 2.25. The lowest BCUT2D eigenvalue weighted by Crippen LogP contribution is -2.36. The highest BCUT2D eigenvalue weighted by Gasteiger charge is 2.22. The quantitative estimate of drug-likeness (QED) is 0.778. The third kappa shape index (κ3) is 2.72. The molecule has 2 unspecified atom stereocenters. The standard InChI is InChI=1S/C13H19NO/c1-10-6-8-11(9-7-10)14-12-4-2-3-5-13(12)15/h6-9,12-15H,2-5H2,1H3. The molecule has 2 rings (SSSR count). The van der Waals surface area contributed by atoms with Gasteiger partial charge in [-0.2, -0.15) is 0 Å². The maximum Gasteiger partial charge on any atom is 0.0741 e. The molecule has 0 bridgehead atoms. The van der Waals surface area contributed by atoms with E-state index in [1.54, 1.807) is 0 Å². The molecule has 2 N–H and O–H groups in total. The van der Waals surface area contributed by atoms with Crippen molar-refractivity contribution in [1.29, 1.82) is 0 Å². The molecule has 2 nitrogen and oxygen atoms in total. The van der Waals surface area contributed by atoms with E-state index < -0.39 is 0 Å². The van der Waals surface area contributed by atoms with Gasteiger partial charge in [-0.1, -0.05) is 30.5 Å². The van der Waals surface area contributed by atoms with Crippen molar-refractivity contribution >= 4 is 5.69 Å². The second-order valence-corrected chi connectivity index (χ2v) is 4.47. The molecule has 2 heteroatoms. The molecule has 2 atom stereocenters. The maximum atomic E-state index is 9.82. The van der Waals surface area contributed by atoms with Gasteiger partial charge in [0.15, 0.2) is 0 Å². The predicted octanol–water partition coefficient (Wildman–Crippen LogP) is 2.71. The fraction of sp³-hybridized carbons (Fsp3) is 0.538. The van der Waals surface area contributed by atoms with Crippen LogP contribution in [0.25, 0.3) is 0 Å². The SMILES string of the molecule is Cc1ccc(NC2CCCCC2O)cc1. The third-order valence-electron chi connectivity index (χ3n) is 3.13. The van der Waals surface area contributed by atoms with Crippen LogP contribution in [0.2, 0.25) is 0 Å². The van der Waals surface area contributed by atoms with Crippen LogP contribution in [0.3, 0.4) is 0 Å². The number of aliphatic hydroxyl groups is 1. The van der Waals surface area contributed by atoms with Gasteiger partial charge in [0.25, 0.3) is 0 Å². The number of anilines is 1. The summed E-state index contributed by atoms with van der Waals surface area (Å²) in [4.78, 5) is 0. The molecule has 0 saturated heterocycles. The highest BCUT2D eigenvalue weighted by Crippen LogP contribution is 2.22. The largest absolute Gasteiger partial charge is 0.391 e. The smallest absolute Gasteiger partial charge is 0.0741 e.